The first kappa shape index (κ1) is 24.1. The molecule has 1 spiro atoms. The van der Waals surface area contributed by atoms with Crippen LogP contribution in [0, 0.1) is 12.3 Å². The highest BCUT2D eigenvalue weighted by atomic mass is 19.4. The lowest BCUT2D eigenvalue weighted by atomic mass is 9.72. The lowest BCUT2D eigenvalue weighted by Gasteiger charge is -2.61. The number of halogens is 3. The van der Waals surface area contributed by atoms with Gasteiger partial charge < -0.3 is 19.9 Å². The van der Waals surface area contributed by atoms with E-state index in [4.69, 9.17) is 0 Å². The molecule has 2 aromatic heterocycles. The maximum atomic E-state index is 12.8. The number of amides is 1. The number of pyridine rings is 1. The van der Waals surface area contributed by atoms with Crippen molar-refractivity contribution in [1.29, 1.82) is 0 Å². The first-order chi connectivity index (χ1) is 18.2. The molecule has 0 aliphatic carbocycles. The Hall–Kier alpha value is -4.21. The van der Waals surface area contributed by atoms with Gasteiger partial charge in [0.1, 0.15) is 5.75 Å². The van der Waals surface area contributed by atoms with Crippen LogP contribution in [-0.4, -0.2) is 48.1 Å². The Kier molecular flexibility index (Phi) is 5.70. The van der Waals surface area contributed by atoms with Crippen molar-refractivity contribution in [2.24, 2.45) is 5.41 Å². The standard InChI is InChI=1S/C28H26F3N5O2/c1-19-25(24-4-2-3-13-36(24)33-19)26(37)32-14-20-5-7-21(8-6-20)34-15-27(16-34)17-35(18-27)22-9-11-23(12-10-22)38-28(29,30)31/h2-13H,14-18H2,1H3,(H,32,37). The minimum Gasteiger partial charge on any atom is -0.406 e. The summed E-state index contributed by atoms with van der Waals surface area (Å²) < 4.78 is 42.7. The highest BCUT2D eigenvalue weighted by Crippen LogP contribution is 2.44. The number of hydrogen-bond donors (Lipinski definition) is 1. The first-order valence-electron chi connectivity index (χ1n) is 12.3. The third-order valence-electron chi connectivity index (χ3n) is 7.24. The van der Waals surface area contributed by atoms with Crippen LogP contribution in [0.1, 0.15) is 21.6 Å². The van der Waals surface area contributed by atoms with Gasteiger partial charge in [-0.15, -0.1) is 13.2 Å². The number of aromatic nitrogens is 2. The van der Waals surface area contributed by atoms with Crippen LogP contribution >= 0.6 is 0 Å². The van der Waals surface area contributed by atoms with Crippen molar-refractivity contribution in [1.82, 2.24) is 14.9 Å². The zero-order valence-electron chi connectivity index (χ0n) is 20.7. The molecule has 196 valence electrons. The molecule has 7 nitrogen and oxygen atoms in total. The minimum atomic E-state index is -4.68. The molecule has 2 fully saturated rings. The second kappa shape index (κ2) is 8.97. The van der Waals surface area contributed by atoms with Crippen molar-refractivity contribution in [2.45, 2.75) is 19.8 Å². The number of rotatable bonds is 6. The Balaban J connectivity index is 0.993. The Bertz CT molecular complexity index is 1470. The number of benzene rings is 2. The predicted molar refractivity (Wildman–Crippen MR) is 138 cm³/mol. The number of ether oxygens (including phenoxy) is 1. The molecule has 0 saturated carbocycles. The minimum absolute atomic E-state index is 0.144. The third kappa shape index (κ3) is 4.62. The number of carbonyl (C=O) groups is 1. The molecule has 2 aliphatic rings. The maximum absolute atomic E-state index is 12.8. The molecule has 0 unspecified atom stereocenters. The average molecular weight is 522 g/mol. The monoisotopic (exact) mass is 521 g/mol. The third-order valence-corrected chi connectivity index (χ3v) is 7.24. The topological polar surface area (TPSA) is 62.1 Å². The van der Waals surface area contributed by atoms with Crippen LogP contribution in [0.3, 0.4) is 0 Å². The maximum Gasteiger partial charge on any atom is 0.573 e. The van der Waals surface area contributed by atoms with E-state index in [2.05, 4.69) is 37.1 Å². The molecule has 1 amide bonds. The van der Waals surface area contributed by atoms with Crippen molar-refractivity contribution in [3.63, 3.8) is 0 Å². The van der Waals surface area contributed by atoms with Gasteiger partial charge in [-0.25, -0.2) is 4.52 Å². The first-order valence-corrected chi connectivity index (χ1v) is 12.3. The van der Waals surface area contributed by atoms with Gasteiger partial charge in [-0.2, -0.15) is 5.10 Å². The van der Waals surface area contributed by atoms with Crippen LogP contribution in [-0.2, 0) is 6.54 Å². The number of hydrogen-bond acceptors (Lipinski definition) is 5. The van der Waals surface area contributed by atoms with E-state index in [0.29, 0.717) is 17.8 Å². The second-order valence-electron chi connectivity index (χ2n) is 10.1. The summed E-state index contributed by atoms with van der Waals surface area (Å²) in [5, 5.41) is 7.40. The van der Waals surface area contributed by atoms with E-state index in [1.807, 2.05) is 43.5 Å². The van der Waals surface area contributed by atoms with Gasteiger partial charge in [0.25, 0.3) is 5.91 Å². The summed E-state index contributed by atoms with van der Waals surface area (Å²) in [6, 6.07) is 19.9. The zero-order chi connectivity index (χ0) is 26.5. The molecule has 6 rings (SSSR count). The van der Waals surface area contributed by atoms with Gasteiger partial charge >= 0.3 is 6.36 Å². The fourth-order valence-corrected chi connectivity index (χ4v) is 5.44. The highest BCUT2D eigenvalue weighted by molar-refractivity contribution is 6.01. The van der Waals surface area contributed by atoms with Gasteiger partial charge in [0.2, 0.25) is 0 Å². The molecule has 0 bridgehead atoms. The van der Waals surface area contributed by atoms with Crippen LogP contribution in [0.25, 0.3) is 5.52 Å². The van der Waals surface area contributed by atoms with Crippen molar-refractivity contribution in [3.8, 4) is 5.75 Å². The summed E-state index contributed by atoms with van der Waals surface area (Å²) in [6.07, 6.45) is -2.85. The van der Waals surface area contributed by atoms with E-state index < -0.39 is 6.36 Å². The van der Waals surface area contributed by atoms with Gasteiger partial charge in [-0.1, -0.05) is 18.2 Å². The molecule has 0 radical (unpaired) electrons. The molecule has 2 aliphatic heterocycles. The lowest BCUT2D eigenvalue weighted by molar-refractivity contribution is -0.274. The Labute approximate surface area is 217 Å². The van der Waals surface area contributed by atoms with Crippen molar-refractivity contribution < 1.29 is 22.7 Å². The highest BCUT2D eigenvalue weighted by Gasteiger charge is 2.51. The molecule has 2 saturated heterocycles. The molecule has 38 heavy (non-hydrogen) atoms. The zero-order valence-corrected chi connectivity index (χ0v) is 20.7. The summed E-state index contributed by atoms with van der Waals surface area (Å²) >= 11 is 0. The van der Waals surface area contributed by atoms with Crippen molar-refractivity contribution in [3.05, 3.63) is 89.7 Å². The smallest absolute Gasteiger partial charge is 0.406 e. The second-order valence-corrected chi connectivity index (χ2v) is 10.1. The van der Waals surface area contributed by atoms with Crippen LogP contribution in [0.4, 0.5) is 24.5 Å². The summed E-state index contributed by atoms with van der Waals surface area (Å²) in [4.78, 5) is 17.3. The predicted octanol–water partition coefficient (Wildman–Crippen LogP) is 4.80. The number of fused-ring (bicyclic) bond motifs is 1. The quantitative estimate of drug-likeness (QED) is 0.395. The van der Waals surface area contributed by atoms with Crippen LogP contribution in [0.2, 0.25) is 0 Å². The van der Waals surface area contributed by atoms with Crippen LogP contribution in [0.5, 0.6) is 5.75 Å². The van der Waals surface area contributed by atoms with Gasteiger partial charge in [0, 0.05) is 55.7 Å². The number of nitrogens with zero attached hydrogens (tertiary/aromatic N) is 4. The number of aryl methyl sites for hydroxylation is 1. The summed E-state index contributed by atoms with van der Waals surface area (Å²) in [5.41, 5.74) is 5.32. The summed E-state index contributed by atoms with van der Waals surface area (Å²) in [6.45, 7) is 5.87. The SMILES string of the molecule is Cc1nn2ccccc2c1C(=O)NCc1ccc(N2CC3(C2)CN(c2ccc(OC(F)(F)F)cc2)C3)cc1. The number of anilines is 2. The van der Waals surface area contributed by atoms with E-state index in [1.54, 1.807) is 16.6 Å². The molecule has 10 heteroatoms. The molecule has 0 atom stereocenters. The summed E-state index contributed by atoms with van der Waals surface area (Å²) in [5.74, 6) is -0.352. The average Bonchev–Trinajstić information content (AvgIpc) is 3.17. The molecule has 1 N–H and O–H groups in total. The normalized spacial score (nSPS) is 16.3. The van der Waals surface area contributed by atoms with E-state index >= 15 is 0 Å². The summed E-state index contributed by atoms with van der Waals surface area (Å²) in [7, 11) is 0. The van der Waals surface area contributed by atoms with Crippen molar-refractivity contribution >= 4 is 22.8 Å². The fraction of sp³-hybridized carbons (Fsp3) is 0.286. The molecular formula is C28H26F3N5O2. The number of alkyl halides is 3. The molecule has 2 aromatic carbocycles. The molecular weight excluding hydrogens is 495 g/mol. The van der Waals surface area contributed by atoms with Gasteiger partial charge in [-0.05, 0) is 61.0 Å². The van der Waals surface area contributed by atoms with Crippen LogP contribution < -0.4 is 19.9 Å². The van der Waals surface area contributed by atoms with E-state index in [9.17, 15) is 18.0 Å². The van der Waals surface area contributed by atoms with E-state index in [1.165, 1.54) is 12.1 Å². The molecule has 4 aromatic rings. The van der Waals surface area contributed by atoms with Gasteiger partial charge in [-0.3, -0.25) is 4.79 Å². The largest absolute Gasteiger partial charge is 0.573 e. The van der Waals surface area contributed by atoms with E-state index in [0.717, 1.165) is 48.6 Å². The molecule has 4 heterocycles. The van der Waals surface area contributed by atoms with Crippen LogP contribution in [0.15, 0.2) is 72.9 Å². The number of carbonyl (C=O) groups excluding carboxylic acids is 1. The Morgan fingerprint density at radius 3 is 2.16 bits per heavy atom. The fourth-order valence-electron chi connectivity index (χ4n) is 5.44. The van der Waals surface area contributed by atoms with E-state index in [-0.39, 0.29) is 17.1 Å². The Morgan fingerprint density at radius 1 is 0.947 bits per heavy atom. The van der Waals surface area contributed by atoms with Gasteiger partial charge in [0.05, 0.1) is 16.8 Å². The van der Waals surface area contributed by atoms with Crippen molar-refractivity contribution in [2.75, 3.05) is 36.0 Å². The Morgan fingerprint density at radius 2 is 1.55 bits per heavy atom. The van der Waals surface area contributed by atoms with Gasteiger partial charge in [0.15, 0.2) is 0 Å². The number of nitrogens with one attached hydrogen (secondary N) is 1. The lowest BCUT2D eigenvalue weighted by Crippen LogP contribution is -2.72.